The summed E-state index contributed by atoms with van der Waals surface area (Å²) in [5.41, 5.74) is -0.0698. The molecule has 0 radical (unpaired) electrons. The molecule has 11 heteroatoms. The lowest BCUT2D eigenvalue weighted by Gasteiger charge is -2.14. The molecule has 1 atom stereocenters. The van der Waals surface area contributed by atoms with Crippen LogP contribution >= 0.6 is 0 Å². The summed E-state index contributed by atoms with van der Waals surface area (Å²) in [6.45, 7) is 5.25. The molecule has 2 aromatic carbocycles. The van der Waals surface area contributed by atoms with E-state index in [-0.39, 0.29) is 16.9 Å². The van der Waals surface area contributed by atoms with Crippen LogP contribution in [0, 0.1) is 10.1 Å². The number of esters is 1. The number of nitro benzene ring substituents is 1. The Morgan fingerprint density at radius 2 is 1.70 bits per heavy atom. The van der Waals surface area contributed by atoms with Gasteiger partial charge in [0, 0.05) is 11.6 Å². The molecule has 176 valence electrons. The highest BCUT2D eigenvalue weighted by atomic mass is 16.6. The van der Waals surface area contributed by atoms with Crippen molar-refractivity contribution in [2.24, 2.45) is 0 Å². The third-order valence-corrected chi connectivity index (χ3v) is 4.23. The molecular weight excluding hydrogens is 434 g/mol. The number of carbonyl (C=O) groups excluding carboxylic acids is 3. The molecule has 0 fully saturated rings. The molecule has 2 N–H and O–H groups in total. The summed E-state index contributed by atoms with van der Waals surface area (Å²) in [5, 5.41) is 15.8. The van der Waals surface area contributed by atoms with Crippen molar-refractivity contribution in [2.75, 3.05) is 25.1 Å². The van der Waals surface area contributed by atoms with Gasteiger partial charge in [-0.2, -0.15) is 0 Å². The summed E-state index contributed by atoms with van der Waals surface area (Å²) in [7, 11) is 0. The van der Waals surface area contributed by atoms with E-state index in [2.05, 4.69) is 10.6 Å². The van der Waals surface area contributed by atoms with Gasteiger partial charge in [0.2, 0.25) is 0 Å². The smallest absolute Gasteiger partial charge is 0.326 e. The van der Waals surface area contributed by atoms with Gasteiger partial charge in [0.15, 0.2) is 17.6 Å². The summed E-state index contributed by atoms with van der Waals surface area (Å²) in [4.78, 5) is 47.1. The van der Waals surface area contributed by atoms with E-state index < -0.39 is 35.4 Å². The van der Waals surface area contributed by atoms with E-state index in [0.29, 0.717) is 24.7 Å². The Labute approximate surface area is 190 Å². The molecule has 0 saturated carbocycles. The van der Waals surface area contributed by atoms with Crippen LogP contribution in [-0.4, -0.2) is 48.6 Å². The van der Waals surface area contributed by atoms with Crippen molar-refractivity contribution >= 4 is 29.2 Å². The number of nitrogens with one attached hydrogen (secondary N) is 2. The Bertz CT molecular complexity index is 1020. The zero-order valence-electron chi connectivity index (χ0n) is 18.5. The van der Waals surface area contributed by atoms with Crippen molar-refractivity contribution in [3.05, 3.63) is 58.1 Å². The largest absolute Gasteiger partial charge is 0.490 e. The van der Waals surface area contributed by atoms with Crippen LogP contribution in [0.3, 0.4) is 0 Å². The molecule has 0 heterocycles. The molecule has 0 saturated heterocycles. The topological polar surface area (TPSA) is 146 Å². The van der Waals surface area contributed by atoms with Gasteiger partial charge < -0.3 is 24.8 Å². The summed E-state index contributed by atoms with van der Waals surface area (Å²) in [6, 6.07) is 10.2. The van der Waals surface area contributed by atoms with E-state index in [4.69, 9.17) is 14.2 Å². The predicted octanol–water partition coefficient (Wildman–Crippen LogP) is 2.69. The summed E-state index contributed by atoms with van der Waals surface area (Å²) in [5.74, 6) is -1.27. The summed E-state index contributed by atoms with van der Waals surface area (Å²) >= 11 is 0. The molecule has 1 unspecified atom stereocenters. The maximum Gasteiger partial charge on any atom is 0.326 e. The van der Waals surface area contributed by atoms with Gasteiger partial charge in [-0.1, -0.05) is 12.1 Å². The van der Waals surface area contributed by atoms with Crippen LogP contribution < -0.4 is 20.1 Å². The highest BCUT2D eigenvalue weighted by Gasteiger charge is 2.22. The molecule has 2 aromatic rings. The standard InChI is InChI=1S/C22H25N3O8/c1-4-31-18-11-10-15(12-19(18)32-5-2)22(28)23-13-20(26)33-14(3)21(27)24-16-8-6-7-9-17(16)25(29)30/h6-12,14H,4-5,13H2,1-3H3,(H,23,28)(H,24,27). The van der Waals surface area contributed by atoms with Gasteiger partial charge in [-0.15, -0.1) is 0 Å². The van der Waals surface area contributed by atoms with Gasteiger partial charge in [0.05, 0.1) is 18.1 Å². The van der Waals surface area contributed by atoms with Crippen molar-refractivity contribution in [3.8, 4) is 11.5 Å². The number of nitro groups is 1. The lowest BCUT2D eigenvalue weighted by atomic mass is 10.2. The number of anilines is 1. The number of amides is 2. The first kappa shape index (κ1) is 25.1. The van der Waals surface area contributed by atoms with Gasteiger partial charge in [0.25, 0.3) is 17.5 Å². The van der Waals surface area contributed by atoms with E-state index in [9.17, 15) is 24.5 Å². The minimum absolute atomic E-state index is 0.0238. The average Bonchev–Trinajstić information content (AvgIpc) is 2.79. The third-order valence-electron chi connectivity index (χ3n) is 4.23. The molecule has 0 aliphatic heterocycles. The minimum atomic E-state index is -1.25. The van der Waals surface area contributed by atoms with Crippen LogP contribution in [-0.2, 0) is 14.3 Å². The van der Waals surface area contributed by atoms with Crippen molar-refractivity contribution in [3.63, 3.8) is 0 Å². The molecule has 0 aliphatic carbocycles. The van der Waals surface area contributed by atoms with E-state index >= 15 is 0 Å². The number of ether oxygens (including phenoxy) is 3. The fourth-order valence-corrected chi connectivity index (χ4v) is 2.71. The molecule has 11 nitrogen and oxygen atoms in total. The second-order valence-electron chi connectivity index (χ2n) is 6.61. The first-order valence-corrected chi connectivity index (χ1v) is 10.2. The second kappa shape index (κ2) is 12.0. The molecule has 0 spiro atoms. The van der Waals surface area contributed by atoms with Crippen molar-refractivity contribution in [2.45, 2.75) is 26.9 Å². The zero-order chi connectivity index (χ0) is 24.4. The van der Waals surface area contributed by atoms with Crippen LogP contribution in [0.15, 0.2) is 42.5 Å². The number of rotatable bonds is 11. The molecule has 2 amide bonds. The highest BCUT2D eigenvalue weighted by Crippen LogP contribution is 2.28. The van der Waals surface area contributed by atoms with E-state index in [1.54, 1.807) is 13.0 Å². The van der Waals surface area contributed by atoms with Gasteiger partial charge in [-0.05, 0) is 45.0 Å². The minimum Gasteiger partial charge on any atom is -0.490 e. The second-order valence-corrected chi connectivity index (χ2v) is 6.61. The van der Waals surface area contributed by atoms with Crippen LogP contribution in [0.2, 0.25) is 0 Å². The van der Waals surface area contributed by atoms with Crippen LogP contribution in [0.4, 0.5) is 11.4 Å². The Balaban J connectivity index is 1.91. The monoisotopic (exact) mass is 459 g/mol. The Morgan fingerprint density at radius 1 is 1.03 bits per heavy atom. The van der Waals surface area contributed by atoms with Gasteiger partial charge >= 0.3 is 5.97 Å². The SMILES string of the molecule is CCOc1ccc(C(=O)NCC(=O)OC(C)C(=O)Nc2ccccc2[N+](=O)[O-])cc1OCC. The maximum atomic E-state index is 12.4. The van der Waals surface area contributed by atoms with E-state index in [1.807, 2.05) is 6.92 Å². The van der Waals surface area contributed by atoms with Crippen molar-refractivity contribution in [1.29, 1.82) is 0 Å². The number of benzene rings is 2. The third kappa shape index (κ3) is 7.20. The number of para-hydroxylation sites is 2. The maximum absolute atomic E-state index is 12.4. The lowest BCUT2D eigenvalue weighted by molar-refractivity contribution is -0.383. The zero-order valence-corrected chi connectivity index (χ0v) is 18.5. The number of hydrogen-bond acceptors (Lipinski definition) is 8. The fourth-order valence-electron chi connectivity index (χ4n) is 2.71. The molecule has 2 rings (SSSR count). The highest BCUT2D eigenvalue weighted by molar-refractivity contribution is 5.98. The Kier molecular flexibility index (Phi) is 9.16. The molecule has 0 aromatic heterocycles. The van der Waals surface area contributed by atoms with E-state index in [1.165, 1.54) is 43.3 Å². The number of hydrogen-bond donors (Lipinski definition) is 2. The first-order chi connectivity index (χ1) is 15.8. The van der Waals surface area contributed by atoms with Crippen LogP contribution in [0.5, 0.6) is 11.5 Å². The van der Waals surface area contributed by atoms with Gasteiger partial charge in [0.1, 0.15) is 12.2 Å². The molecular formula is C22H25N3O8. The Morgan fingerprint density at radius 3 is 2.36 bits per heavy atom. The van der Waals surface area contributed by atoms with Crippen LogP contribution in [0.1, 0.15) is 31.1 Å². The van der Waals surface area contributed by atoms with Gasteiger partial charge in [-0.25, -0.2) is 0 Å². The molecule has 33 heavy (non-hydrogen) atoms. The molecule has 0 bridgehead atoms. The summed E-state index contributed by atoms with van der Waals surface area (Å²) in [6.07, 6.45) is -1.25. The molecule has 0 aliphatic rings. The van der Waals surface area contributed by atoms with Crippen molar-refractivity contribution in [1.82, 2.24) is 5.32 Å². The predicted molar refractivity (Wildman–Crippen MR) is 118 cm³/mol. The average molecular weight is 459 g/mol. The normalized spacial score (nSPS) is 11.1. The summed E-state index contributed by atoms with van der Waals surface area (Å²) < 4.78 is 15.9. The first-order valence-electron chi connectivity index (χ1n) is 10.2. The quantitative estimate of drug-likeness (QED) is 0.296. The van der Waals surface area contributed by atoms with Crippen LogP contribution in [0.25, 0.3) is 0 Å². The lowest BCUT2D eigenvalue weighted by Crippen LogP contribution is -2.35. The number of nitrogens with zero attached hydrogens (tertiary/aromatic N) is 1. The fraction of sp³-hybridized carbons (Fsp3) is 0.318. The van der Waals surface area contributed by atoms with Crippen molar-refractivity contribution < 1.29 is 33.5 Å². The Hall–Kier alpha value is -4.15. The van der Waals surface area contributed by atoms with E-state index in [0.717, 1.165) is 0 Å². The number of carbonyl (C=O) groups is 3. The van der Waals surface area contributed by atoms with Gasteiger partial charge in [-0.3, -0.25) is 24.5 Å².